The summed E-state index contributed by atoms with van der Waals surface area (Å²) in [6.45, 7) is 4.78. The van der Waals surface area contributed by atoms with Crippen molar-refractivity contribution in [3.8, 4) is 33.4 Å². The van der Waals surface area contributed by atoms with E-state index in [1.54, 1.807) is 0 Å². The van der Waals surface area contributed by atoms with E-state index in [2.05, 4.69) is 196 Å². The topological polar surface area (TPSA) is 0 Å². The minimum Gasteiger partial charge on any atom is -0.0622 e. The molecule has 0 unspecified atom stereocenters. The molecule has 0 aliphatic heterocycles. The normalized spacial score (nSPS) is 14.5. The van der Waals surface area contributed by atoms with E-state index < -0.39 is 5.41 Å². The maximum atomic E-state index is 2.40. The second kappa shape index (κ2) is 11.3. The fraction of sp³-hybridized carbons (Fsp3) is 0.0980. The van der Waals surface area contributed by atoms with Gasteiger partial charge in [0.2, 0.25) is 0 Å². The van der Waals surface area contributed by atoms with Crippen LogP contribution in [0, 0.1) is 0 Å². The molecule has 10 rings (SSSR count). The monoisotopic (exact) mass is 650 g/mol. The molecule has 242 valence electrons. The Bertz CT molecular complexity index is 2570. The van der Waals surface area contributed by atoms with E-state index in [1.165, 1.54) is 88.7 Å². The molecule has 0 atom stereocenters. The molecule has 0 heterocycles. The van der Waals surface area contributed by atoms with Crippen LogP contribution in [0.4, 0.5) is 0 Å². The Kier molecular flexibility index (Phi) is 6.61. The standard InChI is InChI=1S/C51H38/c1-50(2)44-22-10-12-24-46(44)51(47-25-13-11-23-45(47)50)43-21-9-8-19-42(43)49-41(20-14-26-48(49)51)40-32-31-37(38-17-6-7-18-39(38)40)36-29-27-35(28-30-36)33-34-15-4-3-5-16-34/h3-32H,33H2,1-2H3. The van der Waals surface area contributed by atoms with Gasteiger partial charge in [-0.15, -0.1) is 0 Å². The van der Waals surface area contributed by atoms with Crippen LogP contribution in [0.3, 0.4) is 0 Å². The largest absolute Gasteiger partial charge is 0.0719 e. The third-order valence-corrected chi connectivity index (χ3v) is 11.8. The highest BCUT2D eigenvalue weighted by Crippen LogP contribution is 2.63. The van der Waals surface area contributed by atoms with Crippen molar-refractivity contribution in [2.75, 3.05) is 0 Å². The van der Waals surface area contributed by atoms with Crippen LogP contribution in [0.15, 0.2) is 182 Å². The van der Waals surface area contributed by atoms with Crippen LogP contribution in [0.1, 0.15) is 58.4 Å². The Labute approximate surface area is 300 Å². The van der Waals surface area contributed by atoms with Gasteiger partial charge < -0.3 is 0 Å². The maximum Gasteiger partial charge on any atom is 0.0719 e. The summed E-state index contributed by atoms with van der Waals surface area (Å²) in [4.78, 5) is 0. The van der Waals surface area contributed by atoms with Crippen molar-refractivity contribution in [1.82, 2.24) is 0 Å². The minimum atomic E-state index is -0.401. The lowest BCUT2D eigenvalue weighted by Gasteiger charge is -2.46. The van der Waals surface area contributed by atoms with E-state index >= 15 is 0 Å². The van der Waals surface area contributed by atoms with E-state index in [9.17, 15) is 0 Å². The van der Waals surface area contributed by atoms with Gasteiger partial charge in [-0.3, -0.25) is 0 Å². The second-order valence-corrected chi connectivity index (χ2v) is 14.8. The van der Waals surface area contributed by atoms with Crippen LogP contribution in [-0.4, -0.2) is 0 Å². The zero-order valence-corrected chi connectivity index (χ0v) is 29.0. The molecule has 0 saturated heterocycles. The molecule has 0 aromatic heterocycles. The average molecular weight is 651 g/mol. The Morgan fingerprint density at radius 2 is 0.824 bits per heavy atom. The van der Waals surface area contributed by atoms with Crippen molar-refractivity contribution in [1.29, 1.82) is 0 Å². The molecule has 8 aromatic rings. The fourth-order valence-corrected chi connectivity index (χ4v) is 9.55. The predicted octanol–water partition coefficient (Wildman–Crippen LogP) is 12.8. The Morgan fingerprint density at radius 1 is 0.333 bits per heavy atom. The van der Waals surface area contributed by atoms with Gasteiger partial charge in [0.15, 0.2) is 0 Å². The number of hydrogen-bond donors (Lipinski definition) is 0. The van der Waals surface area contributed by atoms with Crippen molar-refractivity contribution < 1.29 is 0 Å². The average Bonchev–Trinajstić information content (AvgIpc) is 3.49. The van der Waals surface area contributed by atoms with E-state index in [4.69, 9.17) is 0 Å². The molecule has 2 aliphatic rings. The Hall–Kier alpha value is -5.98. The highest BCUT2D eigenvalue weighted by Gasteiger charge is 2.53. The summed E-state index contributed by atoms with van der Waals surface area (Å²) in [5.41, 5.74) is 18.3. The first-order valence-corrected chi connectivity index (χ1v) is 18.2. The smallest absolute Gasteiger partial charge is 0.0622 e. The molecule has 0 heteroatoms. The molecular formula is C51H38. The van der Waals surface area contributed by atoms with Crippen LogP contribution in [0.5, 0.6) is 0 Å². The molecule has 1 spiro atoms. The number of benzene rings is 8. The van der Waals surface area contributed by atoms with Crippen LogP contribution < -0.4 is 0 Å². The van der Waals surface area contributed by atoms with Gasteiger partial charge in [0.05, 0.1) is 5.41 Å². The van der Waals surface area contributed by atoms with E-state index in [0.29, 0.717) is 0 Å². The summed E-state index contributed by atoms with van der Waals surface area (Å²) >= 11 is 0. The van der Waals surface area contributed by atoms with Crippen molar-refractivity contribution >= 4 is 10.8 Å². The van der Waals surface area contributed by atoms with Gasteiger partial charge in [0.25, 0.3) is 0 Å². The Balaban J connectivity index is 1.18. The summed E-state index contributed by atoms with van der Waals surface area (Å²) in [6, 6.07) is 68.1. The third-order valence-electron chi connectivity index (χ3n) is 11.8. The van der Waals surface area contributed by atoms with Gasteiger partial charge in [-0.1, -0.05) is 196 Å². The van der Waals surface area contributed by atoms with Gasteiger partial charge >= 0.3 is 0 Å². The first-order valence-electron chi connectivity index (χ1n) is 18.2. The molecule has 51 heavy (non-hydrogen) atoms. The van der Waals surface area contributed by atoms with Gasteiger partial charge in [-0.05, 0) is 95.1 Å². The zero-order chi connectivity index (χ0) is 34.2. The van der Waals surface area contributed by atoms with Gasteiger partial charge in [-0.2, -0.15) is 0 Å². The third kappa shape index (κ3) is 4.26. The lowest BCUT2D eigenvalue weighted by Crippen LogP contribution is -2.40. The number of fused-ring (bicyclic) bond motifs is 10. The number of hydrogen-bond acceptors (Lipinski definition) is 0. The number of rotatable bonds is 4. The van der Waals surface area contributed by atoms with Crippen LogP contribution in [0.25, 0.3) is 44.2 Å². The van der Waals surface area contributed by atoms with E-state index in [1.807, 2.05) is 0 Å². The first kappa shape index (κ1) is 29.9. The Morgan fingerprint density at radius 3 is 1.51 bits per heavy atom. The van der Waals surface area contributed by atoms with Crippen LogP contribution in [-0.2, 0) is 17.3 Å². The highest BCUT2D eigenvalue weighted by molar-refractivity contribution is 6.08. The molecule has 0 saturated carbocycles. The molecule has 2 aliphatic carbocycles. The molecular weight excluding hydrogens is 613 g/mol. The molecule has 0 amide bonds. The van der Waals surface area contributed by atoms with Crippen LogP contribution >= 0.6 is 0 Å². The van der Waals surface area contributed by atoms with Crippen LogP contribution in [0.2, 0.25) is 0 Å². The first-order chi connectivity index (χ1) is 25.1. The summed E-state index contributed by atoms with van der Waals surface area (Å²) < 4.78 is 0. The maximum absolute atomic E-state index is 2.40. The lowest BCUT2D eigenvalue weighted by atomic mass is 9.55. The van der Waals surface area contributed by atoms with Gasteiger partial charge in [0.1, 0.15) is 0 Å². The molecule has 8 aromatic carbocycles. The summed E-state index contributed by atoms with van der Waals surface area (Å²) in [5.74, 6) is 0. The predicted molar refractivity (Wildman–Crippen MR) is 213 cm³/mol. The molecule has 0 N–H and O–H groups in total. The minimum absolute atomic E-state index is 0.112. The second-order valence-electron chi connectivity index (χ2n) is 14.8. The molecule has 0 fully saturated rings. The highest BCUT2D eigenvalue weighted by atomic mass is 14.5. The summed E-state index contributed by atoms with van der Waals surface area (Å²) in [6.07, 6.45) is 0.940. The lowest BCUT2D eigenvalue weighted by molar-refractivity contribution is 0.563. The van der Waals surface area contributed by atoms with Gasteiger partial charge in [0, 0.05) is 5.41 Å². The summed E-state index contributed by atoms with van der Waals surface area (Å²) in [7, 11) is 0. The zero-order valence-electron chi connectivity index (χ0n) is 29.0. The van der Waals surface area contributed by atoms with Crippen molar-refractivity contribution in [3.63, 3.8) is 0 Å². The van der Waals surface area contributed by atoms with Crippen molar-refractivity contribution in [2.45, 2.75) is 31.1 Å². The van der Waals surface area contributed by atoms with Gasteiger partial charge in [-0.25, -0.2) is 0 Å². The van der Waals surface area contributed by atoms with Crippen molar-refractivity contribution in [3.05, 3.63) is 226 Å². The molecule has 0 radical (unpaired) electrons. The fourth-order valence-electron chi connectivity index (χ4n) is 9.55. The van der Waals surface area contributed by atoms with E-state index in [0.717, 1.165) is 6.42 Å². The summed E-state index contributed by atoms with van der Waals surface area (Å²) in [5, 5.41) is 2.56. The molecule has 0 bridgehead atoms. The molecule has 0 nitrogen and oxygen atoms in total. The quantitative estimate of drug-likeness (QED) is 0.178. The van der Waals surface area contributed by atoms with E-state index in [-0.39, 0.29) is 5.41 Å². The van der Waals surface area contributed by atoms with Crippen molar-refractivity contribution in [2.24, 2.45) is 0 Å². The SMILES string of the molecule is CC1(C)c2ccccc2C2(c3ccccc3-c3c(-c4ccc(-c5ccc(Cc6ccccc6)cc5)c5ccccc45)cccc32)c2ccccc21.